The van der Waals surface area contributed by atoms with E-state index in [0.717, 1.165) is 25.3 Å². The third kappa shape index (κ3) is 2.72. The molecule has 0 radical (unpaired) electrons. The van der Waals surface area contributed by atoms with Gasteiger partial charge in [-0.1, -0.05) is 29.8 Å². The molecule has 0 fully saturated rings. The molecule has 2 aromatic rings. The maximum absolute atomic E-state index is 3.71. The lowest BCUT2D eigenvalue weighted by molar-refractivity contribution is 0.424. The normalized spacial score (nSPS) is 19.1. The van der Waals surface area contributed by atoms with Crippen LogP contribution in [0.5, 0.6) is 0 Å². The van der Waals surface area contributed by atoms with Crippen LogP contribution in [0.4, 0.5) is 0 Å². The van der Waals surface area contributed by atoms with Crippen LogP contribution < -0.4 is 5.32 Å². The number of H-pyrrole nitrogens is 1. The molecule has 3 heteroatoms. The Morgan fingerprint density at radius 1 is 1.42 bits per heavy atom. The van der Waals surface area contributed by atoms with Gasteiger partial charge in [0.2, 0.25) is 0 Å². The van der Waals surface area contributed by atoms with Crippen LogP contribution in [0.15, 0.2) is 22.7 Å². The second-order valence-electron chi connectivity index (χ2n) is 6.01. The quantitative estimate of drug-likeness (QED) is 0.877. The highest BCUT2D eigenvalue weighted by Gasteiger charge is 2.22. The van der Waals surface area contributed by atoms with Crippen molar-refractivity contribution in [3.63, 3.8) is 0 Å². The molecule has 0 saturated heterocycles. The molecule has 0 saturated carbocycles. The van der Waals surface area contributed by atoms with Crippen LogP contribution >= 0.6 is 15.9 Å². The van der Waals surface area contributed by atoms with Crippen LogP contribution in [0.3, 0.4) is 0 Å². The summed E-state index contributed by atoms with van der Waals surface area (Å²) in [7, 11) is 0. The summed E-state index contributed by atoms with van der Waals surface area (Å²) in [4.78, 5) is 3.58. The maximum Gasteiger partial charge on any atom is 0.0459 e. The van der Waals surface area contributed by atoms with Crippen molar-refractivity contribution in [2.24, 2.45) is 5.92 Å². The number of nitrogens with one attached hydrogen (secondary N) is 2. The first-order valence-electron chi connectivity index (χ1n) is 7.16. The summed E-state index contributed by atoms with van der Waals surface area (Å²) in [5, 5.41) is 5.09. The predicted molar refractivity (Wildman–Crippen MR) is 84.7 cm³/mol. The number of halogens is 1. The minimum atomic E-state index is 0.632. The van der Waals surface area contributed by atoms with E-state index in [4.69, 9.17) is 0 Å². The maximum atomic E-state index is 3.71. The van der Waals surface area contributed by atoms with Gasteiger partial charge in [-0.05, 0) is 55.5 Å². The largest absolute Gasteiger partial charge is 0.358 e. The van der Waals surface area contributed by atoms with Crippen LogP contribution in [0.25, 0.3) is 10.9 Å². The standard InChI is InChI=1S/C16H21BrN2/c1-10(2)9-18-12-4-6-16-14(8-12)13-7-11(17)3-5-15(13)19-16/h3,5,7,10,12,18-19H,4,6,8-9H2,1-2H3. The molecule has 1 aliphatic rings. The van der Waals surface area contributed by atoms with Gasteiger partial charge in [0.15, 0.2) is 0 Å². The molecule has 1 aromatic heterocycles. The summed E-state index contributed by atoms with van der Waals surface area (Å²) in [6.07, 6.45) is 3.56. The lowest BCUT2D eigenvalue weighted by atomic mass is 9.91. The molecule has 0 spiro atoms. The fraction of sp³-hybridized carbons (Fsp3) is 0.500. The molecule has 0 bridgehead atoms. The second-order valence-corrected chi connectivity index (χ2v) is 6.93. The third-order valence-corrected chi connectivity index (χ3v) is 4.46. The Morgan fingerprint density at radius 3 is 3.05 bits per heavy atom. The van der Waals surface area contributed by atoms with E-state index in [0.29, 0.717) is 6.04 Å². The number of fused-ring (bicyclic) bond motifs is 3. The van der Waals surface area contributed by atoms with Crippen LogP contribution in [-0.2, 0) is 12.8 Å². The average Bonchev–Trinajstić information content (AvgIpc) is 2.74. The van der Waals surface area contributed by atoms with Crippen molar-refractivity contribution >= 4 is 26.8 Å². The van der Waals surface area contributed by atoms with Crippen molar-refractivity contribution in [2.45, 2.75) is 39.2 Å². The van der Waals surface area contributed by atoms with Gasteiger partial charge in [0.25, 0.3) is 0 Å². The number of benzene rings is 1. The molecule has 1 atom stereocenters. The fourth-order valence-electron chi connectivity index (χ4n) is 2.97. The molecule has 3 rings (SSSR count). The monoisotopic (exact) mass is 320 g/mol. The average molecular weight is 321 g/mol. The van der Waals surface area contributed by atoms with Crippen molar-refractivity contribution in [3.05, 3.63) is 33.9 Å². The Morgan fingerprint density at radius 2 is 2.26 bits per heavy atom. The lowest BCUT2D eigenvalue weighted by Gasteiger charge is -2.24. The number of aryl methyl sites for hydroxylation is 1. The molecule has 1 aromatic carbocycles. The van der Waals surface area contributed by atoms with Crippen molar-refractivity contribution in [2.75, 3.05) is 6.54 Å². The van der Waals surface area contributed by atoms with Gasteiger partial charge in [-0.15, -0.1) is 0 Å². The number of aromatic nitrogens is 1. The summed E-state index contributed by atoms with van der Waals surface area (Å²) in [6, 6.07) is 7.16. The smallest absolute Gasteiger partial charge is 0.0459 e. The van der Waals surface area contributed by atoms with E-state index in [-0.39, 0.29) is 0 Å². The fourth-order valence-corrected chi connectivity index (χ4v) is 3.33. The topological polar surface area (TPSA) is 27.8 Å². The molecule has 1 unspecified atom stereocenters. The SMILES string of the molecule is CC(C)CNC1CCc2[nH]c3ccc(Br)cc3c2C1. The van der Waals surface area contributed by atoms with E-state index in [1.807, 2.05) is 0 Å². The Hall–Kier alpha value is -0.800. The third-order valence-electron chi connectivity index (χ3n) is 3.96. The highest BCUT2D eigenvalue weighted by Crippen LogP contribution is 2.31. The van der Waals surface area contributed by atoms with Gasteiger partial charge in [0, 0.05) is 27.1 Å². The zero-order valence-corrected chi connectivity index (χ0v) is 13.2. The van der Waals surface area contributed by atoms with Crippen molar-refractivity contribution < 1.29 is 0 Å². The van der Waals surface area contributed by atoms with Crippen LogP contribution in [-0.4, -0.2) is 17.6 Å². The summed E-state index contributed by atoms with van der Waals surface area (Å²) in [6.45, 7) is 5.65. The Labute approximate surface area is 123 Å². The summed E-state index contributed by atoms with van der Waals surface area (Å²) in [5.74, 6) is 0.721. The molecule has 0 aliphatic heterocycles. The summed E-state index contributed by atoms with van der Waals surface area (Å²) >= 11 is 3.58. The van der Waals surface area contributed by atoms with Gasteiger partial charge in [0.05, 0.1) is 0 Å². The summed E-state index contributed by atoms with van der Waals surface area (Å²) < 4.78 is 1.17. The first-order chi connectivity index (χ1) is 9.13. The van der Waals surface area contributed by atoms with Crippen LogP contribution in [0, 0.1) is 5.92 Å². The van der Waals surface area contributed by atoms with E-state index in [9.17, 15) is 0 Å². The molecule has 0 amide bonds. The van der Waals surface area contributed by atoms with E-state index < -0.39 is 0 Å². The minimum Gasteiger partial charge on any atom is -0.358 e. The van der Waals surface area contributed by atoms with E-state index in [1.165, 1.54) is 33.1 Å². The van der Waals surface area contributed by atoms with Crippen molar-refractivity contribution in [1.29, 1.82) is 0 Å². The van der Waals surface area contributed by atoms with Gasteiger partial charge in [0.1, 0.15) is 0 Å². The second kappa shape index (κ2) is 5.29. The highest BCUT2D eigenvalue weighted by atomic mass is 79.9. The molecular weight excluding hydrogens is 300 g/mol. The Bertz CT molecular complexity index is 586. The first-order valence-corrected chi connectivity index (χ1v) is 7.95. The van der Waals surface area contributed by atoms with Crippen LogP contribution in [0.1, 0.15) is 31.5 Å². The number of hydrogen-bond acceptors (Lipinski definition) is 1. The number of hydrogen-bond donors (Lipinski definition) is 2. The zero-order valence-electron chi connectivity index (χ0n) is 11.6. The van der Waals surface area contributed by atoms with Crippen molar-refractivity contribution in [1.82, 2.24) is 10.3 Å². The van der Waals surface area contributed by atoms with Gasteiger partial charge >= 0.3 is 0 Å². The van der Waals surface area contributed by atoms with E-state index in [2.05, 4.69) is 58.3 Å². The number of rotatable bonds is 3. The summed E-state index contributed by atoms with van der Waals surface area (Å²) in [5.41, 5.74) is 4.23. The van der Waals surface area contributed by atoms with Gasteiger partial charge < -0.3 is 10.3 Å². The Kier molecular flexibility index (Phi) is 3.68. The molecular formula is C16H21BrN2. The van der Waals surface area contributed by atoms with Gasteiger partial charge in [-0.2, -0.15) is 0 Å². The highest BCUT2D eigenvalue weighted by molar-refractivity contribution is 9.10. The molecule has 2 nitrogen and oxygen atoms in total. The van der Waals surface area contributed by atoms with E-state index in [1.54, 1.807) is 0 Å². The molecule has 2 N–H and O–H groups in total. The van der Waals surface area contributed by atoms with Gasteiger partial charge in [-0.25, -0.2) is 0 Å². The molecule has 19 heavy (non-hydrogen) atoms. The minimum absolute atomic E-state index is 0.632. The zero-order chi connectivity index (χ0) is 13.4. The lowest BCUT2D eigenvalue weighted by Crippen LogP contribution is -2.36. The first kappa shape index (κ1) is 13.2. The van der Waals surface area contributed by atoms with Crippen molar-refractivity contribution in [3.8, 4) is 0 Å². The van der Waals surface area contributed by atoms with Crippen LogP contribution in [0.2, 0.25) is 0 Å². The van der Waals surface area contributed by atoms with Gasteiger partial charge in [-0.3, -0.25) is 0 Å². The molecule has 1 heterocycles. The number of aromatic amines is 1. The Balaban J connectivity index is 1.86. The molecule has 1 aliphatic carbocycles. The van der Waals surface area contributed by atoms with E-state index >= 15 is 0 Å². The molecule has 102 valence electrons. The predicted octanol–water partition coefficient (Wildman–Crippen LogP) is 4.03.